The van der Waals surface area contributed by atoms with Crippen molar-refractivity contribution in [1.29, 1.82) is 0 Å². The average Bonchev–Trinajstić information content (AvgIpc) is 3.62. The quantitative estimate of drug-likeness (QED) is 0.0427. The summed E-state index contributed by atoms with van der Waals surface area (Å²) in [6, 6.07) is 25.5. The fourth-order valence-corrected chi connectivity index (χ4v) is 9.37. The van der Waals surface area contributed by atoms with Crippen LogP contribution < -0.4 is 19.5 Å². The third kappa shape index (κ3) is 16.3. The summed E-state index contributed by atoms with van der Waals surface area (Å²) in [6.07, 6.45) is 8.69. The summed E-state index contributed by atoms with van der Waals surface area (Å²) >= 11 is 0. The molecule has 70 heavy (non-hydrogen) atoms. The van der Waals surface area contributed by atoms with Crippen LogP contribution >= 0.6 is 0 Å². The highest BCUT2D eigenvalue weighted by Crippen LogP contribution is 2.38. The molecule has 3 heterocycles. The molecule has 2 aliphatic heterocycles. The molecule has 2 aliphatic rings. The molecule has 1 aromatic heterocycles. The predicted octanol–water partition coefficient (Wildman–Crippen LogP) is 4.09. The average molecular weight is 967 g/mol. The minimum Gasteiger partial charge on any atom is -0.480 e. The van der Waals surface area contributed by atoms with E-state index in [1.54, 1.807) is 31.7 Å². The first-order valence-corrected chi connectivity index (χ1v) is 24.1. The highest BCUT2D eigenvalue weighted by molar-refractivity contribution is 5.90. The summed E-state index contributed by atoms with van der Waals surface area (Å²) < 4.78 is 9.38. The lowest BCUT2D eigenvalue weighted by atomic mass is 10.0. The number of unbranched alkanes of at least 4 members (excludes halogenated alkanes) is 2. The number of benzene rings is 3. The monoisotopic (exact) mass is 967 g/mol. The Morgan fingerprint density at radius 3 is 1.97 bits per heavy atom. The summed E-state index contributed by atoms with van der Waals surface area (Å²) in [5.41, 5.74) is 4.79. The van der Waals surface area contributed by atoms with Gasteiger partial charge in [-0.2, -0.15) is 4.57 Å². The summed E-state index contributed by atoms with van der Waals surface area (Å²) in [6.45, 7) is 3.09. The third-order valence-corrected chi connectivity index (χ3v) is 13.1. The minimum atomic E-state index is -1.08. The molecule has 5 N–H and O–H groups in total. The van der Waals surface area contributed by atoms with Gasteiger partial charge >= 0.3 is 23.9 Å². The molecular formula is C52H70N8O10+2. The van der Waals surface area contributed by atoms with Crippen molar-refractivity contribution in [2.75, 3.05) is 116 Å². The first-order chi connectivity index (χ1) is 33.5. The van der Waals surface area contributed by atoms with Gasteiger partial charge in [0.1, 0.15) is 0 Å². The molecule has 1 saturated heterocycles. The number of hydrogen-bond acceptors (Lipinski definition) is 11. The molecule has 0 spiro atoms. The number of anilines is 2. The third-order valence-electron chi connectivity index (χ3n) is 13.1. The molecule has 1 unspecified atom stereocenters. The lowest BCUT2D eigenvalue weighted by Gasteiger charge is -2.37. The Kier molecular flexibility index (Phi) is 19.2. The number of nitrogens with one attached hydrogen (secondary N) is 1. The zero-order valence-electron chi connectivity index (χ0n) is 40.7. The number of nitrogens with zero attached hydrogens (tertiary/aromatic N) is 7. The summed E-state index contributed by atoms with van der Waals surface area (Å²) in [5.74, 6) is -2.69. The van der Waals surface area contributed by atoms with Crippen molar-refractivity contribution in [3.05, 3.63) is 102 Å². The number of aromatic nitrogens is 1. The fraction of sp³-hybridized carbons (Fsp3) is 0.462. The molecule has 1 fully saturated rings. The van der Waals surface area contributed by atoms with E-state index < -0.39 is 29.9 Å². The number of aliphatic carboxylic acids is 4. The van der Waals surface area contributed by atoms with E-state index in [0.717, 1.165) is 78.2 Å². The maximum Gasteiger partial charge on any atom is 0.317 e. The molecule has 0 bridgehead atoms. The van der Waals surface area contributed by atoms with E-state index >= 15 is 0 Å². The fourth-order valence-electron chi connectivity index (χ4n) is 9.37. The smallest absolute Gasteiger partial charge is 0.317 e. The molecule has 18 heteroatoms. The number of amides is 1. The molecule has 3 aromatic carbocycles. The van der Waals surface area contributed by atoms with Crippen LogP contribution in [0.5, 0.6) is 5.75 Å². The number of pyridine rings is 1. The van der Waals surface area contributed by atoms with E-state index in [1.807, 2.05) is 37.4 Å². The van der Waals surface area contributed by atoms with Crippen LogP contribution in [0.2, 0.25) is 0 Å². The number of ether oxygens (including phenoxy) is 1. The van der Waals surface area contributed by atoms with E-state index in [4.69, 9.17) is 4.74 Å². The molecule has 18 nitrogen and oxygen atoms in total. The molecule has 1 atom stereocenters. The Bertz CT molecular complexity index is 2470. The number of hydrogen-bond donors (Lipinski definition) is 5. The lowest BCUT2D eigenvalue weighted by Crippen LogP contribution is -2.53. The van der Waals surface area contributed by atoms with Gasteiger partial charge in [0.25, 0.3) is 0 Å². The predicted molar refractivity (Wildman–Crippen MR) is 267 cm³/mol. The van der Waals surface area contributed by atoms with E-state index in [-0.39, 0.29) is 77.9 Å². The number of carbonyl (C=O) groups excluding carboxylic acids is 1. The van der Waals surface area contributed by atoms with Crippen molar-refractivity contribution in [3.63, 3.8) is 0 Å². The van der Waals surface area contributed by atoms with Crippen molar-refractivity contribution in [3.8, 4) is 5.75 Å². The number of carboxylic acid groups (broad SMARTS) is 4. The van der Waals surface area contributed by atoms with Gasteiger partial charge in [-0.25, -0.2) is 0 Å². The number of para-hydroxylation sites is 3. The Morgan fingerprint density at radius 1 is 0.700 bits per heavy atom. The SMILES string of the molecule is CN1/C(=C/c2cc[n+](CCC[N+](C)(C)CCCCCC(=O)Nc3ccc(CC4CN(CC(=O)O)CCN(CC(=O)O)CCN(CC(=O)O)CCN4CC(=O)O)cc3)c3ccccc23)Oc2ccccc21. The van der Waals surface area contributed by atoms with Crippen molar-refractivity contribution in [1.82, 2.24) is 19.6 Å². The van der Waals surface area contributed by atoms with Gasteiger partial charge in [-0.1, -0.05) is 36.4 Å². The zero-order chi connectivity index (χ0) is 50.2. The van der Waals surface area contributed by atoms with Gasteiger partial charge in [0, 0.05) is 89.2 Å². The lowest BCUT2D eigenvalue weighted by molar-refractivity contribution is -0.892. The highest BCUT2D eigenvalue weighted by atomic mass is 16.5. The van der Waals surface area contributed by atoms with Crippen molar-refractivity contribution >= 4 is 58.1 Å². The van der Waals surface area contributed by atoms with E-state index in [0.29, 0.717) is 18.5 Å². The van der Waals surface area contributed by atoms with Gasteiger partial charge in [-0.05, 0) is 67.1 Å². The number of carboxylic acids is 4. The maximum atomic E-state index is 13.0. The topological polar surface area (TPSA) is 208 Å². The largest absolute Gasteiger partial charge is 0.480 e. The molecule has 6 rings (SSSR count). The van der Waals surface area contributed by atoms with Gasteiger partial charge < -0.3 is 39.9 Å². The van der Waals surface area contributed by atoms with Crippen LogP contribution in [0.15, 0.2) is 90.9 Å². The Balaban J connectivity index is 0.972. The number of quaternary nitrogens is 1. The second-order valence-electron chi connectivity index (χ2n) is 19.1. The molecule has 0 aliphatic carbocycles. The van der Waals surface area contributed by atoms with E-state index in [2.05, 4.69) is 77.6 Å². The van der Waals surface area contributed by atoms with Gasteiger partial charge in [0.15, 0.2) is 18.5 Å². The van der Waals surface area contributed by atoms with E-state index in [1.165, 1.54) is 10.9 Å². The standard InChI is InChI=1S/C52H68N8O10/c1-54-45-14-8-9-15-46(45)70-48(54)33-40-21-23-58(44-13-7-6-12-43(40)44)22-11-31-60(2,3)30-10-4-5-16-47(61)53-41-19-17-39(18-20-41)32-42-34-57(37-51(66)67)27-26-55(35-49(62)63)24-25-56(36-50(64)65)28-29-59(42)38-52(68)69/h6-9,12-15,17-21,23,33,42H,4-5,10-11,16,22,24-32,34-38H2,1-3H3,(H3-2,53,61,62,63,64,65,66,67,68,69)/p+2. The normalized spacial score (nSPS) is 17.4. The van der Waals surface area contributed by atoms with Crippen LogP contribution in [-0.4, -0.2) is 187 Å². The van der Waals surface area contributed by atoms with Crippen LogP contribution in [-0.2, 0) is 36.9 Å². The number of rotatable bonds is 22. The van der Waals surface area contributed by atoms with Gasteiger partial charge in [0.05, 0.1) is 70.9 Å². The summed E-state index contributed by atoms with van der Waals surface area (Å²) in [7, 11) is 6.54. The molecule has 0 radical (unpaired) electrons. The Labute approximate surface area is 410 Å². The van der Waals surface area contributed by atoms with Crippen LogP contribution in [0.3, 0.4) is 0 Å². The van der Waals surface area contributed by atoms with Crippen molar-refractivity contribution < 1.29 is 58.2 Å². The van der Waals surface area contributed by atoms with Gasteiger partial charge in [-0.15, -0.1) is 0 Å². The number of fused-ring (bicyclic) bond motifs is 2. The molecular weight excluding hydrogens is 897 g/mol. The van der Waals surface area contributed by atoms with Crippen molar-refractivity contribution in [2.24, 2.45) is 0 Å². The first kappa shape index (κ1) is 52.9. The van der Waals surface area contributed by atoms with Gasteiger partial charge in [0.2, 0.25) is 17.3 Å². The van der Waals surface area contributed by atoms with Crippen molar-refractivity contribution in [2.45, 2.75) is 51.1 Å². The van der Waals surface area contributed by atoms with Crippen LogP contribution in [0, 0.1) is 0 Å². The van der Waals surface area contributed by atoms with Crippen LogP contribution in [0.1, 0.15) is 43.2 Å². The second-order valence-corrected chi connectivity index (χ2v) is 19.1. The number of carbonyl (C=O) groups is 5. The Hall–Kier alpha value is -6.44. The first-order valence-electron chi connectivity index (χ1n) is 24.1. The molecule has 4 aromatic rings. The maximum absolute atomic E-state index is 13.0. The van der Waals surface area contributed by atoms with Gasteiger partial charge in [-0.3, -0.25) is 43.6 Å². The van der Waals surface area contributed by atoms with Crippen LogP contribution in [0.25, 0.3) is 17.0 Å². The zero-order valence-corrected chi connectivity index (χ0v) is 40.7. The van der Waals surface area contributed by atoms with Crippen LogP contribution in [0.4, 0.5) is 11.4 Å². The van der Waals surface area contributed by atoms with E-state index in [9.17, 15) is 44.4 Å². The molecule has 376 valence electrons. The molecule has 0 saturated carbocycles. The minimum absolute atomic E-state index is 0.0834. The second kappa shape index (κ2) is 25.4. The molecule has 1 amide bonds. The summed E-state index contributed by atoms with van der Waals surface area (Å²) in [5, 5.41) is 42.9. The summed E-state index contributed by atoms with van der Waals surface area (Å²) in [4.78, 5) is 69.3. The highest BCUT2D eigenvalue weighted by Gasteiger charge is 2.28. The Morgan fingerprint density at radius 2 is 1.30 bits per heavy atom. The number of aryl methyl sites for hydroxylation is 1.